The maximum absolute atomic E-state index is 10.9. The Morgan fingerprint density at radius 2 is 2.33 bits per heavy atom. The molecule has 2 saturated carbocycles. The number of aromatic carboxylic acids is 1. The molecule has 1 N–H and O–H groups in total. The molecular weight excluding hydrogens is 194 g/mol. The highest BCUT2D eigenvalue weighted by Gasteiger charge is 2.42. The number of hydrogen-bond acceptors (Lipinski definition) is 3. The molecule has 0 amide bonds. The zero-order valence-electron chi connectivity index (χ0n) is 8.35. The Morgan fingerprint density at radius 1 is 1.47 bits per heavy atom. The van der Waals surface area contributed by atoms with Crippen molar-refractivity contribution in [1.29, 1.82) is 0 Å². The number of hydrogen-bond donors (Lipinski definition) is 1. The van der Waals surface area contributed by atoms with Gasteiger partial charge in [-0.05, 0) is 31.1 Å². The van der Waals surface area contributed by atoms with Crippen molar-refractivity contribution in [1.82, 2.24) is 5.16 Å². The summed E-state index contributed by atoms with van der Waals surface area (Å²) in [5.41, 5.74) is 0.933. The first-order valence-electron chi connectivity index (χ1n) is 5.43. The lowest BCUT2D eigenvalue weighted by molar-refractivity contribution is 0.0694. The van der Waals surface area contributed by atoms with Gasteiger partial charge in [0, 0.05) is 5.92 Å². The van der Waals surface area contributed by atoms with Crippen LogP contribution in [0.1, 0.15) is 47.7 Å². The van der Waals surface area contributed by atoms with E-state index < -0.39 is 5.97 Å². The van der Waals surface area contributed by atoms with Crippen molar-refractivity contribution in [3.63, 3.8) is 0 Å². The lowest BCUT2D eigenvalue weighted by Crippen LogP contribution is -2.12. The summed E-state index contributed by atoms with van der Waals surface area (Å²) in [5, 5.41) is 12.9. The quantitative estimate of drug-likeness (QED) is 0.808. The molecule has 15 heavy (non-hydrogen) atoms. The molecule has 2 fully saturated rings. The summed E-state index contributed by atoms with van der Waals surface area (Å²) < 4.78 is 4.80. The van der Waals surface area contributed by atoms with Gasteiger partial charge in [-0.1, -0.05) is 11.6 Å². The van der Waals surface area contributed by atoms with E-state index in [9.17, 15) is 4.79 Å². The normalized spacial score (nSPS) is 33.5. The summed E-state index contributed by atoms with van der Waals surface area (Å²) >= 11 is 0. The first-order chi connectivity index (χ1) is 7.25. The number of nitrogens with zero attached hydrogens (tertiary/aromatic N) is 1. The van der Waals surface area contributed by atoms with Gasteiger partial charge in [0.1, 0.15) is 17.5 Å². The lowest BCUT2D eigenvalue weighted by Gasteiger charge is -2.19. The van der Waals surface area contributed by atoms with Crippen molar-refractivity contribution in [3.8, 4) is 0 Å². The standard InChI is InChI=1S/C11H13NO3/c13-11(14)9-5-15-12-10(9)8-4-6-1-2-7(8)3-6/h5-8H,1-4H2,(H,13,14). The Labute approximate surface area is 87.3 Å². The number of aromatic nitrogens is 1. The van der Waals surface area contributed by atoms with E-state index in [-0.39, 0.29) is 5.56 Å². The number of carbonyl (C=O) groups is 1. The summed E-state index contributed by atoms with van der Waals surface area (Å²) in [4.78, 5) is 10.9. The molecule has 1 aromatic rings. The van der Waals surface area contributed by atoms with Gasteiger partial charge in [-0.25, -0.2) is 4.79 Å². The summed E-state index contributed by atoms with van der Waals surface area (Å²) in [6.07, 6.45) is 6.13. The van der Waals surface area contributed by atoms with Crippen LogP contribution in [-0.2, 0) is 0 Å². The van der Waals surface area contributed by atoms with Crippen LogP contribution >= 0.6 is 0 Å². The highest BCUT2D eigenvalue weighted by molar-refractivity contribution is 5.88. The molecule has 0 aliphatic heterocycles. The molecule has 4 nitrogen and oxygen atoms in total. The van der Waals surface area contributed by atoms with Gasteiger partial charge in [-0.2, -0.15) is 0 Å². The number of rotatable bonds is 2. The predicted molar refractivity (Wildman–Crippen MR) is 51.7 cm³/mol. The molecule has 2 aliphatic rings. The maximum atomic E-state index is 10.9. The average Bonchev–Trinajstić information content (AvgIpc) is 2.92. The molecule has 4 heteroatoms. The topological polar surface area (TPSA) is 63.3 Å². The van der Waals surface area contributed by atoms with Crippen LogP contribution in [0.4, 0.5) is 0 Å². The third kappa shape index (κ3) is 1.28. The van der Waals surface area contributed by atoms with E-state index in [2.05, 4.69) is 5.16 Å². The first-order valence-corrected chi connectivity index (χ1v) is 5.43. The zero-order chi connectivity index (χ0) is 10.4. The Hall–Kier alpha value is -1.32. The maximum Gasteiger partial charge on any atom is 0.340 e. The van der Waals surface area contributed by atoms with Crippen molar-refractivity contribution >= 4 is 5.97 Å². The van der Waals surface area contributed by atoms with Crippen LogP contribution in [-0.4, -0.2) is 16.2 Å². The van der Waals surface area contributed by atoms with Gasteiger partial charge in [0.15, 0.2) is 0 Å². The monoisotopic (exact) mass is 207 g/mol. The number of carboxylic acid groups (broad SMARTS) is 1. The van der Waals surface area contributed by atoms with Crippen molar-refractivity contribution < 1.29 is 14.4 Å². The Morgan fingerprint density at radius 3 is 2.93 bits per heavy atom. The first kappa shape index (κ1) is 8.95. The highest BCUT2D eigenvalue weighted by Crippen LogP contribution is 2.52. The lowest BCUT2D eigenvalue weighted by atomic mass is 9.85. The van der Waals surface area contributed by atoms with Crippen LogP contribution in [0.5, 0.6) is 0 Å². The van der Waals surface area contributed by atoms with E-state index in [1.54, 1.807) is 0 Å². The third-order valence-corrected chi connectivity index (χ3v) is 3.92. The fraction of sp³-hybridized carbons (Fsp3) is 0.636. The van der Waals surface area contributed by atoms with Crippen LogP contribution in [0.3, 0.4) is 0 Å². The summed E-state index contributed by atoms with van der Waals surface area (Å²) in [7, 11) is 0. The molecule has 0 radical (unpaired) electrons. The molecule has 80 valence electrons. The highest BCUT2D eigenvalue weighted by atomic mass is 16.5. The Balaban J connectivity index is 1.93. The molecular formula is C11H13NO3. The Bertz CT molecular complexity index is 398. The summed E-state index contributed by atoms with van der Waals surface area (Å²) in [5.74, 6) is 0.833. The van der Waals surface area contributed by atoms with Gasteiger partial charge in [-0.15, -0.1) is 0 Å². The van der Waals surface area contributed by atoms with Gasteiger partial charge < -0.3 is 9.63 Å². The fourth-order valence-corrected chi connectivity index (χ4v) is 3.25. The van der Waals surface area contributed by atoms with Gasteiger partial charge in [0.25, 0.3) is 0 Å². The molecule has 1 heterocycles. The van der Waals surface area contributed by atoms with Crippen LogP contribution in [0.2, 0.25) is 0 Å². The van der Waals surface area contributed by atoms with Gasteiger partial charge in [-0.3, -0.25) is 0 Å². The van der Waals surface area contributed by atoms with Gasteiger partial charge in [0.05, 0.1) is 0 Å². The van der Waals surface area contributed by atoms with E-state index in [0.29, 0.717) is 17.5 Å². The average molecular weight is 207 g/mol. The number of fused-ring (bicyclic) bond motifs is 2. The third-order valence-electron chi connectivity index (χ3n) is 3.92. The second-order valence-electron chi connectivity index (χ2n) is 4.70. The molecule has 0 aromatic carbocycles. The largest absolute Gasteiger partial charge is 0.478 e. The zero-order valence-corrected chi connectivity index (χ0v) is 8.35. The molecule has 1 aromatic heterocycles. The summed E-state index contributed by atoms with van der Waals surface area (Å²) in [6.45, 7) is 0. The van der Waals surface area contributed by atoms with Crippen LogP contribution in [0.25, 0.3) is 0 Å². The SMILES string of the molecule is O=C(O)c1conc1C1CC2CCC1C2. The molecule has 2 aliphatic carbocycles. The predicted octanol–water partition coefficient (Wildman–Crippen LogP) is 2.28. The van der Waals surface area contributed by atoms with E-state index >= 15 is 0 Å². The molecule has 3 atom stereocenters. The van der Waals surface area contributed by atoms with Gasteiger partial charge in [0.2, 0.25) is 0 Å². The van der Waals surface area contributed by atoms with E-state index in [1.165, 1.54) is 25.5 Å². The van der Waals surface area contributed by atoms with Crippen molar-refractivity contribution in [2.24, 2.45) is 11.8 Å². The molecule has 3 unspecified atom stereocenters. The second kappa shape index (κ2) is 3.08. The minimum Gasteiger partial charge on any atom is -0.478 e. The van der Waals surface area contributed by atoms with Crippen LogP contribution in [0.15, 0.2) is 10.8 Å². The van der Waals surface area contributed by atoms with E-state index in [1.807, 2.05) is 0 Å². The van der Waals surface area contributed by atoms with E-state index in [4.69, 9.17) is 9.63 Å². The minimum absolute atomic E-state index is 0.257. The van der Waals surface area contributed by atoms with E-state index in [0.717, 1.165) is 12.3 Å². The van der Waals surface area contributed by atoms with Crippen LogP contribution < -0.4 is 0 Å². The molecule has 3 rings (SSSR count). The summed E-state index contributed by atoms with van der Waals surface area (Å²) in [6, 6.07) is 0. The van der Waals surface area contributed by atoms with Crippen LogP contribution in [0, 0.1) is 11.8 Å². The fourth-order valence-electron chi connectivity index (χ4n) is 3.25. The minimum atomic E-state index is -0.922. The van der Waals surface area contributed by atoms with Crippen molar-refractivity contribution in [2.45, 2.75) is 31.6 Å². The second-order valence-corrected chi connectivity index (χ2v) is 4.70. The van der Waals surface area contributed by atoms with Crippen molar-refractivity contribution in [2.75, 3.05) is 0 Å². The smallest absolute Gasteiger partial charge is 0.340 e. The van der Waals surface area contributed by atoms with Gasteiger partial charge >= 0.3 is 5.97 Å². The molecule has 0 saturated heterocycles. The Kier molecular flexibility index (Phi) is 1.84. The van der Waals surface area contributed by atoms with Crippen molar-refractivity contribution in [3.05, 3.63) is 17.5 Å². The molecule has 2 bridgehead atoms. The number of carboxylic acids is 1. The molecule has 0 spiro atoms.